The molecule has 0 saturated carbocycles. The average Bonchev–Trinajstić information content (AvgIpc) is 3.38. The van der Waals surface area contributed by atoms with Crippen LogP contribution in [0.4, 0.5) is 0 Å². The zero-order chi connectivity index (χ0) is 21.4. The second-order valence-corrected chi connectivity index (χ2v) is 9.96. The van der Waals surface area contributed by atoms with Crippen LogP contribution in [0.15, 0.2) is 48.5 Å². The Morgan fingerprint density at radius 3 is 2.62 bits per heavy atom. The number of carbonyl (C=O) groups is 1. The average molecular weight is 485 g/mol. The topological polar surface area (TPSA) is 42.4 Å². The molecule has 0 unspecified atom stereocenters. The molecule has 4 nitrogen and oxygen atoms in total. The summed E-state index contributed by atoms with van der Waals surface area (Å²) in [6.07, 6.45) is 1.42. The number of hydrogen-bond donors (Lipinski definition) is 0. The number of Topliss-reactive ketones (excluding diaryl/α,β-unsaturated/α-hetero) is 1. The van der Waals surface area contributed by atoms with Crippen LogP contribution in [0.25, 0.3) is 20.8 Å². The van der Waals surface area contributed by atoms with E-state index in [0.29, 0.717) is 6.42 Å². The second-order valence-electron chi connectivity index (χ2n) is 7.74. The van der Waals surface area contributed by atoms with E-state index in [1.807, 2.05) is 30.3 Å². The quantitative estimate of drug-likeness (QED) is 0.303. The predicted octanol–water partition coefficient (Wildman–Crippen LogP) is 6.26. The van der Waals surface area contributed by atoms with Crippen LogP contribution in [0.1, 0.15) is 32.6 Å². The van der Waals surface area contributed by atoms with Crippen molar-refractivity contribution in [2.75, 3.05) is 20.2 Å². The number of thiophene rings is 1. The monoisotopic (exact) mass is 484 g/mol. The van der Waals surface area contributed by atoms with Gasteiger partial charge < -0.3 is 4.74 Å². The van der Waals surface area contributed by atoms with Crippen molar-refractivity contribution in [2.24, 2.45) is 0 Å². The number of ether oxygens (including phenoxy) is 1. The van der Waals surface area contributed by atoms with Gasteiger partial charge in [-0.25, -0.2) is 4.98 Å². The summed E-state index contributed by atoms with van der Waals surface area (Å²) in [5, 5.41) is 1.04. The molecular weight excluding hydrogens is 460 g/mol. The van der Waals surface area contributed by atoms with Gasteiger partial charge >= 0.3 is 0 Å². The molecule has 0 atom stereocenters. The van der Waals surface area contributed by atoms with Crippen molar-refractivity contribution in [3.05, 3.63) is 69.4 Å². The highest BCUT2D eigenvalue weighted by Gasteiger charge is 2.27. The molecule has 0 aliphatic carbocycles. The predicted molar refractivity (Wildman–Crippen MR) is 136 cm³/mol. The van der Waals surface area contributed by atoms with Gasteiger partial charge in [0.2, 0.25) is 0 Å². The lowest BCUT2D eigenvalue weighted by atomic mass is 9.99. The summed E-state index contributed by atoms with van der Waals surface area (Å²) in [6, 6.07) is 15.7. The fourth-order valence-electron chi connectivity index (χ4n) is 4.16. The first-order valence-corrected chi connectivity index (χ1v) is 12.2. The van der Waals surface area contributed by atoms with Crippen LogP contribution in [0.5, 0.6) is 5.75 Å². The van der Waals surface area contributed by atoms with Crippen molar-refractivity contribution < 1.29 is 9.53 Å². The number of thiazole rings is 1. The number of benzene rings is 2. The number of ketones is 1. The van der Waals surface area contributed by atoms with E-state index in [2.05, 4.69) is 30.0 Å². The van der Waals surface area contributed by atoms with Gasteiger partial charge in [-0.1, -0.05) is 19.1 Å². The smallest absolute Gasteiger partial charge is 0.168 e. The Hall–Kier alpha value is -2.25. The van der Waals surface area contributed by atoms with E-state index in [1.54, 1.807) is 29.8 Å². The SMILES string of the molecule is CCN1CCc2c(sc(CC(=O)c3ccc(OC)cc3)c2-c2nc3ccccc3s2)C1.Cl. The molecule has 2 aromatic heterocycles. The van der Waals surface area contributed by atoms with Crippen molar-refractivity contribution in [1.29, 1.82) is 0 Å². The lowest BCUT2D eigenvalue weighted by molar-refractivity contribution is 0.0994. The molecule has 5 rings (SSSR count). The third-order valence-electron chi connectivity index (χ3n) is 5.90. The lowest BCUT2D eigenvalue weighted by Gasteiger charge is -2.25. The van der Waals surface area contributed by atoms with Crippen molar-refractivity contribution in [2.45, 2.75) is 26.3 Å². The number of likely N-dealkylation sites (N-methyl/N-ethyl adjacent to an activating group) is 1. The zero-order valence-corrected chi connectivity index (χ0v) is 20.5. The van der Waals surface area contributed by atoms with Crippen LogP contribution >= 0.6 is 35.1 Å². The van der Waals surface area contributed by atoms with Crippen molar-refractivity contribution >= 4 is 51.1 Å². The molecule has 0 amide bonds. The maximum absolute atomic E-state index is 13.1. The van der Waals surface area contributed by atoms with Gasteiger partial charge in [0.05, 0.1) is 17.3 Å². The van der Waals surface area contributed by atoms with Crippen LogP contribution in [0.2, 0.25) is 0 Å². The molecule has 1 aliphatic rings. The number of hydrogen-bond acceptors (Lipinski definition) is 6. The molecule has 0 bridgehead atoms. The summed E-state index contributed by atoms with van der Waals surface area (Å²) in [7, 11) is 1.64. The normalized spacial score (nSPS) is 13.6. The minimum absolute atomic E-state index is 0. The highest BCUT2D eigenvalue weighted by Crippen LogP contribution is 2.43. The number of halogens is 1. The van der Waals surface area contributed by atoms with Gasteiger partial charge in [0, 0.05) is 40.4 Å². The molecule has 2 aromatic carbocycles. The molecule has 0 saturated heterocycles. The fourth-order valence-corrected chi connectivity index (χ4v) is 6.69. The summed E-state index contributed by atoms with van der Waals surface area (Å²) in [5.74, 6) is 0.897. The molecule has 166 valence electrons. The largest absolute Gasteiger partial charge is 0.497 e. The highest BCUT2D eigenvalue weighted by atomic mass is 35.5. The molecule has 0 spiro atoms. The van der Waals surface area contributed by atoms with Crippen LogP contribution < -0.4 is 4.74 Å². The maximum Gasteiger partial charge on any atom is 0.168 e. The zero-order valence-electron chi connectivity index (χ0n) is 18.1. The maximum atomic E-state index is 13.1. The molecule has 3 heterocycles. The molecule has 4 aromatic rings. The number of nitrogens with zero attached hydrogens (tertiary/aromatic N) is 2. The Bertz CT molecular complexity index is 1210. The van der Waals surface area contributed by atoms with E-state index < -0.39 is 0 Å². The number of para-hydroxylation sites is 1. The number of rotatable bonds is 6. The third kappa shape index (κ3) is 4.33. The summed E-state index contributed by atoms with van der Waals surface area (Å²) in [5.41, 5.74) is 4.35. The van der Waals surface area contributed by atoms with Crippen molar-refractivity contribution in [1.82, 2.24) is 9.88 Å². The van der Waals surface area contributed by atoms with Crippen LogP contribution in [0.3, 0.4) is 0 Å². The summed E-state index contributed by atoms with van der Waals surface area (Å²) in [4.78, 5) is 23.1. The van der Waals surface area contributed by atoms with E-state index in [9.17, 15) is 4.79 Å². The van der Waals surface area contributed by atoms with Gasteiger partial charge in [0.1, 0.15) is 10.8 Å². The molecule has 7 heteroatoms. The molecule has 0 fully saturated rings. The first-order chi connectivity index (χ1) is 15.2. The number of methoxy groups -OCH3 is 1. The molecule has 1 aliphatic heterocycles. The Morgan fingerprint density at radius 1 is 1.12 bits per heavy atom. The minimum atomic E-state index is 0. The Balaban J connectivity index is 0.00000245. The second kappa shape index (κ2) is 9.71. The number of carbonyl (C=O) groups excluding carboxylic acids is 1. The van der Waals surface area contributed by atoms with E-state index >= 15 is 0 Å². The Kier molecular flexibility index (Phi) is 6.96. The number of fused-ring (bicyclic) bond motifs is 2. The molecule has 32 heavy (non-hydrogen) atoms. The van der Waals surface area contributed by atoms with Gasteiger partial charge in [-0.15, -0.1) is 35.1 Å². The molecule has 0 radical (unpaired) electrons. The van der Waals surface area contributed by atoms with Crippen molar-refractivity contribution in [3.63, 3.8) is 0 Å². The van der Waals surface area contributed by atoms with Gasteiger partial charge in [0.25, 0.3) is 0 Å². The van der Waals surface area contributed by atoms with Crippen LogP contribution in [-0.2, 0) is 19.4 Å². The first-order valence-electron chi connectivity index (χ1n) is 10.5. The Morgan fingerprint density at radius 2 is 1.91 bits per heavy atom. The van der Waals surface area contributed by atoms with Crippen LogP contribution in [0, 0.1) is 0 Å². The minimum Gasteiger partial charge on any atom is -0.497 e. The first kappa shape index (κ1) is 22.9. The van der Waals surface area contributed by atoms with Gasteiger partial charge in [-0.2, -0.15) is 0 Å². The summed E-state index contributed by atoms with van der Waals surface area (Å²) < 4.78 is 6.42. The standard InChI is InChI=1S/C25H24N2O2S2.ClH/c1-3-27-13-12-18-23(15-27)30-22(14-20(28)16-8-10-17(29-2)11-9-16)24(18)25-26-19-6-4-5-7-21(19)31-25;/h4-11H,3,12-15H2,1-2H3;1H. The van der Waals surface area contributed by atoms with Gasteiger partial charge in [-0.05, 0) is 54.9 Å². The van der Waals surface area contributed by atoms with E-state index in [4.69, 9.17) is 9.72 Å². The lowest BCUT2D eigenvalue weighted by Crippen LogP contribution is -2.29. The summed E-state index contributed by atoms with van der Waals surface area (Å²) >= 11 is 3.53. The summed E-state index contributed by atoms with van der Waals surface area (Å²) in [6.45, 7) is 5.28. The highest BCUT2D eigenvalue weighted by molar-refractivity contribution is 7.22. The van der Waals surface area contributed by atoms with E-state index in [-0.39, 0.29) is 18.2 Å². The fraction of sp³-hybridized carbons (Fsp3) is 0.280. The number of aromatic nitrogens is 1. The van der Waals surface area contributed by atoms with E-state index in [0.717, 1.165) is 52.8 Å². The van der Waals surface area contributed by atoms with Gasteiger partial charge in [-0.3, -0.25) is 9.69 Å². The third-order valence-corrected chi connectivity index (χ3v) is 8.17. The van der Waals surface area contributed by atoms with Crippen molar-refractivity contribution in [3.8, 4) is 16.3 Å². The van der Waals surface area contributed by atoms with Crippen LogP contribution in [-0.4, -0.2) is 35.9 Å². The van der Waals surface area contributed by atoms with E-state index in [1.165, 1.54) is 20.7 Å². The molecular formula is C25H25ClN2O2S2. The molecule has 0 N–H and O–H groups in total. The Labute approximate surface area is 202 Å². The van der Waals surface area contributed by atoms with Gasteiger partial charge in [0.15, 0.2) is 5.78 Å².